The van der Waals surface area contributed by atoms with Gasteiger partial charge in [0.05, 0.1) is 5.56 Å². The maximum Gasteiger partial charge on any atom is 0.416 e. The molecular formula is C23H22F3N3O2. The number of halogens is 3. The minimum absolute atomic E-state index is 0.00465. The molecule has 162 valence electrons. The van der Waals surface area contributed by atoms with E-state index in [2.05, 4.69) is 15.5 Å². The Bertz CT molecular complexity index is 1030. The molecule has 8 heteroatoms. The molecule has 0 fully saturated rings. The molecule has 1 N–H and O–H groups in total. The number of nitrogens with one attached hydrogen (secondary N) is 1. The number of carbonyl (C=O) groups excluding carboxylic acids is 1. The van der Waals surface area contributed by atoms with E-state index in [9.17, 15) is 18.0 Å². The van der Waals surface area contributed by atoms with Gasteiger partial charge in [0.1, 0.15) is 6.04 Å². The van der Waals surface area contributed by atoms with Gasteiger partial charge in [0.2, 0.25) is 17.6 Å². The zero-order chi connectivity index (χ0) is 22.4. The van der Waals surface area contributed by atoms with Crippen molar-refractivity contribution in [3.63, 3.8) is 0 Å². The Morgan fingerprint density at radius 1 is 1.13 bits per heavy atom. The molecular weight excluding hydrogens is 407 g/mol. The largest absolute Gasteiger partial charge is 0.416 e. The van der Waals surface area contributed by atoms with Crippen LogP contribution >= 0.6 is 0 Å². The van der Waals surface area contributed by atoms with Crippen LogP contribution < -0.4 is 5.32 Å². The lowest BCUT2D eigenvalue weighted by Gasteiger charge is -2.19. The van der Waals surface area contributed by atoms with Crippen molar-refractivity contribution in [2.24, 2.45) is 5.92 Å². The lowest BCUT2D eigenvalue weighted by atomic mass is 9.99. The second-order valence-electron chi connectivity index (χ2n) is 7.15. The number of benzene rings is 2. The van der Waals surface area contributed by atoms with E-state index < -0.39 is 17.8 Å². The summed E-state index contributed by atoms with van der Waals surface area (Å²) in [4.78, 5) is 16.7. The van der Waals surface area contributed by atoms with Crippen LogP contribution in [0.5, 0.6) is 0 Å². The summed E-state index contributed by atoms with van der Waals surface area (Å²) in [5.74, 6) is 0.0372. The maximum atomic E-state index is 12.8. The summed E-state index contributed by atoms with van der Waals surface area (Å²) >= 11 is 0. The van der Waals surface area contributed by atoms with E-state index >= 15 is 0 Å². The minimum atomic E-state index is -4.42. The zero-order valence-electron chi connectivity index (χ0n) is 17.1. The highest BCUT2D eigenvalue weighted by atomic mass is 19.4. The van der Waals surface area contributed by atoms with Crippen molar-refractivity contribution in [2.45, 2.75) is 32.5 Å². The van der Waals surface area contributed by atoms with Crippen LogP contribution in [0.4, 0.5) is 13.2 Å². The third kappa shape index (κ3) is 5.81. The van der Waals surface area contributed by atoms with E-state index in [1.807, 2.05) is 44.2 Å². The first kappa shape index (κ1) is 22.3. The van der Waals surface area contributed by atoms with Crippen molar-refractivity contribution in [1.29, 1.82) is 0 Å². The van der Waals surface area contributed by atoms with Crippen molar-refractivity contribution in [1.82, 2.24) is 15.5 Å². The summed E-state index contributed by atoms with van der Waals surface area (Å²) in [5.41, 5.74) is 0.524. The van der Waals surface area contributed by atoms with E-state index in [-0.39, 0.29) is 23.5 Å². The van der Waals surface area contributed by atoms with Crippen LogP contribution in [0.1, 0.15) is 43.3 Å². The average molecular weight is 429 g/mol. The highest BCUT2D eigenvalue weighted by molar-refractivity contribution is 5.91. The highest BCUT2D eigenvalue weighted by Gasteiger charge is 2.30. The van der Waals surface area contributed by atoms with Gasteiger partial charge in [-0.25, -0.2) is 0 Å². The van der Waals surface area contributed by atoms with Gasteiger partial charge < -0.3 is 9.84 Å². The van der Waals surface area contributed by atoms with Gasteiger partial charge in [-0.05, 0) is 29.7 Å². The van der Waals surface area contributed by atoms with Gasteiger partial charge in [0.25, 0.3) is 0 Å². The van der Waals surface area contributed by atoms with E-state index in [1.54, 1.807) is 6.08 Å². The maximum absolute atomic E-state index is 12.8. The molecule has 0 radical (unpaired) electrons. The van der Waals surface area contributed by atoms with Crippen molar-refractivity contribution in [3.05, 3.63) is 77.7 Å². The lowest BCUT2D eigenvalue weighted by molar-refractivity contribution is -0.137. The van der Waals surface area contributed by atoms with Gasteiger partial charge in [0, 0.05) is 11.6 Å². The van der Waals surface area contributed by atoms with Gasteiger partial charge in [-0.3, -0.25) is 4.79 Å². The van der Waals surface area contributed by atoms with Gasteiger partial charge in [-0.15, -0.1) is 0 Å². The molecule has 0 unspecified atom stereocenters. The van der Waals surface area contributed by atoms with Gasteiger partial charge in [-0.2, -0.15) is 18.2 Å². The van der Waals surface area contributed by atoms with Gasteiger partial charge >= 0.3 is 6.18 Å². The van der Waals surface area contributed by atoms with Crippen molar-refractivity contribution in [2.75, 3.05) is 0 Å². The normalized spacial score (nSPS) is 13.8. The van der Waals surface area contributed by atoms with Crippen molar-refractivity contribution >= 4 is 12.0 Å². The molecule has 3 aromatic rings. The fraction of sp³-hybridized carbons (Fsp3) is 0.261. The molecule has 31 heavy (non-hydrogen) atoms. The standard InChI is InChI=1S/C23H22F3N3O2/c1-3-15(2)20(27-19(30)14-9-16-7-5-4-6-8-16)22-28-21(29-31-22)17-10-12-18(13-11-17)23(24,25)26/h4-15,20H,3H2,1-2H3,(H,27,30)/b14-9+/t15-,20+/m0/s1. The number of nitrogens with zero attached hydrogens (tertiary/aromatic N) is 2. The zero-order valence-corrected chi connectivity index (χ0v) is 17.1. The van der Waals surface area contributed by atoms with Crippen LogP contribution in [-0.2, 0) is 11.0 Å². The number of amides is 1. The van der Waals surface area contributed by atoms with Crippen LogP contribution in [0.15, 0.2) is 65.2 Å². The lowest BCUT2D eigenvalue weighted by Crippen LogP contribution is -2.31. The number of aromatic nitrogens is 2. The molecule has 3 rings (SSSR count). The second-order valence-corrected chi connectivity index (χ2v) is 7.15. The Morgan fingerprint density at radius 2 is 1.81 bits per heavy atom. The van der Waals surface area contributed by atoms with Gasteiger partial charge in [-0.1, -0.05) is 67.9 Å². The van der Waals surface area contributed by atoms with E-state index in [1.165, 1.54) is 18.2 Å². The van der Waals surface area contributed by atoms with E-state index in [0.717, 1.165) is 24.1 Å². The van der Waals surface area contributed by atoms with Gasteiger partial charge in [0.15, 0.2) is 0 Å². The number of hydrogen-bond acceptors (Lipinski definition) is 4. The molecule has 0 bridgehead atoms. The molecule has 0 aliphatic rings. The Balaban J connectivity index is 1.76. The summed E-state index contributed by atoms with van der Waals surface area (Å²) in [5, 5.41) is 6.76. The Morgan fingerprint density at radius 3 is 2.42 bits per heavy atom. The van der Waals surface area contributed by atoms with Crippen LogP contribution in [0.3, 0.4) is 0 Å². The number of hydrogen-bond donors (Lipinski definition) is 1. The third-order valence-electron chi connectivity index (χ3n) is 4.92. The van der Waals surface area contributed by atoms with Crippen LogP contribution in [0.25, 0.3) is 17.5 Å². The monoisotopic (exact) mass is 429 g/mol. The summed E-state index contributed by atoms with van der Waals surface area (Å²) in [7, 11) is 0. The summed E-state index contributed by atoms with van der Waals surface area (Å²) in [6.07, 6.45) is -0.548. The molecule has 0 saturated heterocycles. The predicted molar refractivity (Wildman–Crippen MR) is 111 cm³/mol. The topological polar surface area (TPSA) is 68.0 Å². The molecule has 5 nitrogen and oxygen atoms in total. The van der Waals surface area contributed by atoms with Crippen LogP contribution in [0.2, 0.25) is 0 Å². The molecule has 0 aliphatic carbocycles. The Labute approximate surface area is 178 Å². The molecule has 2 atom stereocenters. The smallest absolute Gasteiger partial charge is 0.340 e. The number of rotatable bonds is 7. The van der Waals surface area contributed by atoms with Crippen molar-refractivity contribution < 1.29 is 22.5 Å². The average Bonchev–Trinajstić information content (AvgIpc) is 3.25. The molecule has 1 amide bonds. The Hall–Kier alpha value is -3.42. The van der Waals surface area contributed by atoms with E-state index in [4.69, 9.17) is 4.52 Å². The second kappa shape index (κ2) is 9.59. The molecule has 0 spiro atoms. The number of carbonyl (C=O) groups is 1. The minimum Gasteiger partial charge on any atom is -0.340 e. The fourth-order valence-electron chi connectivity index (χ4n) is 2.91. The first-order valence-electron chi connectivity index (χ1n) is 9.82. The molecule has 1 aromatic heterocycles. The fourth-order valence-corrected chi connectivity index (χ4v) is 2.91. The molecule has 0 aliphatic heterocycles. The summed E-state index contributed by atoms with van der Waals surface area (Å²) in [6, 6.07) is 13.4. The highest BCUT2D eigenvalue weighted by Crippen LogP contribution is 2.31. The van der Waals surface area contributed by atoms with Crippen LogP contribution in [-0.4, -0.2) is 16.0 Å². The first-order chi connectivity index (χ1) is 14.8. The summed E-state index contributed by atoms with van der Waals surface area (Å²) < 4.78 is 43.6. The first-order valence-corrected chi connectivity index (χ1v) is 9.82. The molecule has 2 aromatic carbocycles. The van der Waals surface area contributed by atoms with Crippen molar-refractivity contribution in [3.8, 4) is 11.4 Å². The molecule has 1 heterocycles. The number of alkyl halides is 3. The SMILES string of the molecule is CC[C@H](C)[C@@H](NC(=O)/C=C/c1ccccc1)c1nc(-c2ccc(C(F)(F)F)cc2)no1. The third-order valence-corrected chi connectivity index (χ3v) is 4.92. The molecule has 0 saturated carbocycles. The quantitative estimate of drug-likeness (QED) is 0.491. The van der Waals surface area contributed by atoms with Crippen LogP contribution in [0, 0.1) is 5.92 Å². The Kier molecular flexibility index (Phi) is 6.89. The van der Waals surface area contributed by atoms with E-state index in [0.29, 0.717) is 5.56 Å². The summed E-state index contributed by atoms with van der Waals surface area (Å²) in [6.45, 7) is 3.91. The predicted octanol–water partition coefficient (Wildman–Crippen LogP) is 5.67.